The first-order valence-electron chi connectivity index (χ1n) is 14.4. The maximum atomic E-state index is 14.9. The van der Waals surface area contributed by atoms with Crippen LogP contribution >= 0.6 is 0 Å². The van der Waals surface area contributed by atoms with E-state index in [4.69, 9.17) is 4.74 Å². The average Bonchev–Trinajstić information content (AvgIpc) is 2.90. The van der Waals surface area contributed by atoms with Crippen molar-refractivity contribution in [3.05, 3.63) is 53.6 Å². The summed E-state index contributed by atoms with van der Waals surface area (Å²) in [4.78, 5) is 0. The second-order valence-electron chi connectivity index (χ2n) is 10.7. The molecule has 1 saturated carbocycles. The van der Waals surface area contributed by atoms with Crippen LogP contribution in [-0.4, -0.2) is 12.8 Å². The molecule has 1 unspecified atom stereocenters. The van der Waals surface area contributed by atoms with Crippen molar-refractivity contribution in [3.8, 4) is 16.9 Å². The van der Waals surface area contributed by atoms with Gasteiger partial charge in [-0.1, -0.05) is 95.9 Å². The predicted octanol–water partition coefficient (Wildman–Crippen LogP) is 10.6. The zero-order valence-corrected chi connectivity index (χ0v) is 22.3. The summed E-state index contributed by atoms with van der Waals surface area (Å²) in [5, 5.41) is 0. The summed E-state index contributed by atoms with van der Waals surface area (Å²) in [5.74, 6) is -0.796. The second-order valence-corrected chi connectivity index (χ2v) is 10.7. The zero-order valence-electron chi connectivity index (χ0n) is 22.3. The van der Waals surface area contributed by atoms with E-state index in [1.807, 2.05) is 12.1 Å². The normalized spacial score (nSPS) is 18.8. The third kappa shape index (κ3) is 8.56. The van der Waals surface area contributed by atoms with Gasteiger partial charge in [0.2, 0.25) is 5.82 Å². The molecule has 1 fully saturated rings. The Morgan fingerprint density at radius 3 is 2.14 bits per heavy atom. The number of hydrogen-bond acceptors (Lipinski definition) is 1. The van der Waals surface area contributed by atoms with Crippen molar-refractivity contribution >= 4 is 0 Å². The summed E-state index contributed by atoms with van der Waals surface area (Å²) in [6, 6.07) is 10.8. The highest BCUT2D eigenvalue weighted by molar-refractivity contribution is 5.65. The van der Waals surface area contributed by atoms with Crippen LogP contribution in [0.5, 0.6) is 5.75 Å². The van der Waals surface area contributed by atoms with Crippen LogP contribution in [0.25, 0.3) is 11.1 Å². The van der Waals surface area contributed by atoms with Crippen molar-refractivity contribution < 1.29 is 17.9 Å². The van der Waals surface area contributed by atoms with Crippen molar-refractivity contribution in [2.24, 2.45) is 5.92 Å². The number of ether oxygens (including phenoxy) is 1. The van der Waals surface area contributed by atoms with Crippen LogP contribution < -0.4 is 4.74 Å². The molecule has 1 aliphatic rings. The van der Waals surface area contributed by atoms with Gasteiger partial charge in [-0.25, -0.2) is 8.78 Å². The van der Waals surface area contributed by atoms with E-state index in [1.54, 1.807) is 0 Å². The minimum absolute atomic E-state index is 0.207. The van der Waals surface area contributed by atoms with Gasteiger partial charge in [0.05, 0.1) is 0 Å². The first-order valence-corrected chi connectivity index (χ1v) is 14.4. The van der Waals surface area contributed by atoms with Gasteiger partial charge < -0.3 is 4.74 Å². The largest absolute Gasteiger partial charge is 0.487 e. The van der Waals surface area contributed by atoms with E-state index in [9.17, 15) is 13.2 Å². The highest BCUT2D eigenvalue weighted by atomic mass is 19.2. The Bertz CT molecular complexity index is 887. The number of halogens is 3. The van der Waals surface area contributed by atoms with Crippen LogP contribution in [0.15, 0.2) is 36.4 Å². The van der Waals surface area contributed by atoms with Gasteiger partial charge in [-0.05, 0) is 67.2 Å². The first-order chi connectivity index (χ1) is 17.5. The van der Waals surface area contributed by atoms with E-state index >= 15 is 0 Å². The predicted molar refractivity (Wildman–Crippen MR) is 144 cm³/mol. The van der Waals surface area contributed by atoms with Gasteiger partial charge >= 0.3 is 0 Å². The molecule has 36 heavy (non-hydrogen) atoms. The molecular formula is C32H45F3O. The van der Waals surface area contributed by atoms with E-state index in [1.165, 1.54) is 69.1 Å². The van der Waals surface area contributed by atoms with Crippen LogP contribution in [0.2, 0.25) is 0 Å². The summed E-state index contributed by atoms with van der Waals surface area (Å²) in [6.45, 7) is 4.14. The minimum atomic E-state index is -1.17. The molecule has 0 radical (unpaired) electrons. The molecule has 1 nitrogen and oxygen atoms in total. The number of rotatable bonds is 15. The summed E-state index contributed by atoms with van der Waals surface area (Å²) < 4.78 is 49.0. The molecule has 0 N–H and O–H groups in total. The van der Waals surface area contributed by atoms with Gasteiger partial charge in [-0.2, -0.15) is 4.39 Å². The highest BCUT2D eigenvalue weighted by Gasteiger charge is 2.23. The van der Waals surface area contributed by atoms with Gasteiger partial charge in [0, 0.05) is 5.56 Å². The van der Waals surface area contributed by atoms with Crippen molar-refractivity contribution in [1.82, 2.24) is 0 Å². The fourth-order valence-electron chi connectivity index (χ4n) is 5.50. The topological polar surface area (TPSA) is 9.23 Å². The molecule has 2 aromatic carbocycles. The van der Waals surface area contributed by atoms with Crippen molar-refractivity contribution in [2.75, 3.05) is 6.61 Å². The molecule has 4 heteroatoms. The molecule has 0 spiro atoms. The van der Waals surface area contributed by atoms with Crippen LogP contribution in [0.1, 0.15) is 115 Å². The highest BCUT2D eigenvalue weighted by Crippen LogP contribution is 2.39. The summed E-state index contributed by atoms with van der Waals surface area (Å²) in [5.41, 5.74) is 2.14. The lowest BCUT2D eigenvalue weighted by molar-refractivity contribution is 0.177. The van der Waals surface area contributed by atoms with E-state index in [0.717, 1.165) is 38.0 Å². The Morgan fingerprint density at radius 1 is 0.778 bits per heavy atom. The average molecular weight is 503 g/mol. The van der Waals surface area contributed by atoms with Gasteiger partial charge in [0.25, 0.3) is 0 Å². The van der Waals surface area contributed by atoms with Crippen LogP contribution in [0, 0.1) is 17.6 Å². The minimum Gasteiger partial charge on any atom is -0.487 e. The molecule has 0 heterocycles. The zero-order chi connectivity index (χ0) is 25.8. The van der Waals surface area contributed by atoms with Crippen molar-refractivity contribution in [1.29, 1.82) is 0 Å². The van der Waals surface area contributed by atoms with Crippen molar-refractivity contribution in [2.45, 2.75) is 116 Å². The third-order valence-electron chi connectivity index (χ3n) is 7.84. The summed E-state index contributed by atoms with van der Waals surface area (Å²) in [7, 11) is 0. The maximum absolute atomic E-state index is 14.9. The smallest absolute Gasteiger partial charge is 0.201 e. The Kier molecular flexibility index (Phi) is 12.2. The Hall–Kier alpha value is -1.97. The van der Waals surface area contributed by atoms with Crippen LogP contribution in [0.4, 0.5) is 13.2 Å². The molecule has 1 atom stereocenters. The van der Waals surface area contributed by atoms with Crippen molar-refractivity contribution in [3.63, 3.8) is 0 Å². The fourth-order valence-corrected chi connectivity index (χ4v) is 5.50. The molecular weight excluding hydrogens is 457 g/mol. The molecule has 0 aromatic heterocycles. The van der Waals surface area contributed by atoms with Gasteiger partial charge in [0.1, 0.15) is 12.8 Å². The number of unbranched alkanes of at least 4 members (excludes halogenated alkanes) is 6. The standard InChI is InChI=1S/C32H45F3O/c1-3-5-7-8-10-12-28(33)23-36-30-22-21-29(31(34)32(30)35)27-19-17-26(18-20-27)25-15-13-24(14-16-25)11-9-6-4-2/h17-22,24-25,28H,3-16,23H2,1-2H3. The Labute approximate surface area is 216 Å². The Balaban J connectivity index is 1.51. The SMILES string of the molecule is CCCCCCCC(F)COc1ccc(-c2ccc(C3CCC(CCCCC)CC3)cc2)c(F)c1F. The van der Waals surface area contributed by atoms with Gasteiger partial charge in [0.15, 0.2) is 11.6 Å². The van der Waals surface area contributed by atoms with E-state index < -0.39 is 17.8 Å². The second kappa shape index (κ2) is 15.3. The monoisotopic (exact) mass is 502 g/mol. The molecule has 2 aromatic rings. The molecule has 0 aliphatic heterocycles. The fraction of sp³-hybridized carbons (Fsp3) is 0.625. The molecule has 200 valence electrons. The molecule has 0 saturated heterocycles. The molecule has 1 aliphatic carbocycles. The summed E-state index contributed by atoms with van der Waals surface area (Å²) >= 11 is 0. The lowest BCUT2D eigenvalue weighted by Crippen LogP contribution is -2.14. The third-order valence-corrected chi connectivity index (χ3v) is 7.84. The van der Waals surface area contributed by atoms with E-state index in [-0.39, 0.29) is 17.9 Å². The lowest BCUT2D eigenvalue weighted by atomic mass is 9.77. The Morgan fingerprint density at radius 2 is 1.44 bits per heavy atom. The maximum Gasteiger partial charge on any atom is 0.201 e. The number of hydrogen-bond donors (Lipinski definition) is 0. The van der Waals surface area contributed by atoms with Gasteiger partial charge in [-0.3, -0.25) is 0 Å². The molecule has 3 rings (SSSR count). The quantitative estimate of drug-likeness (QED) is 0.220. The number of alkyl halides is 1. The molecule has 0 bridgehead atoms. The van der Waals surface area contributed by atoms with Gasteiger partial charge in [-0.15, -0.1) is 0 Å². The number of benzene rings is 2. The first kappa shape index (κ1) is 28.6. The van der Waals surface area contributed by atoms with Crippen LogP contribution in [0.3, 0.4) is 0 Å². The lowest BCUT2D eigenvalue weighted by Gasteiger charge is -2.29. The van der Waals surface area contributed by atoms with E-state index in [0.29, 0.717) is 17.9 Å². The van der Waals surface area contributed by atoms with Crippen LogP contribution in [-0.2, 0) is 0 Å². The molecule has 0 amide bonds. The summed E-state index contributed by atoms with van der Waals surface area (Å²) in [6.07, 6.45) is 14.7. The van der Waals surface area contributed by atoms with E-state index in [2.05, 4.69) is 26.0 Å².